The molecule has 0 spiro atoms. The Kier molecular flexibility index (Phi) is 4.02. The van der Waals surface area contributed by atoms with Crippen LogP contribution >= 0.6 is 0 Å². The highest BCUT2D eigenvalue weighted by Crippen LogP contribution is 2.28. The van der Waals surface area contributed by atoms with Gasteiger partial charge in [0.15, 0.2) is 0 Å². The van der Waals surface area contributed by atoms with Crippen LogP contribution < -0.4 is 10.1 Å². The van der Waals surface area contributed by atoms with Crippen LogP contribution in [0.5, 0.6) is 5.75 Å². The predicted octanol–water partition coefficient (Wildman–Crippen LogP) is 3.04. The fourth-order valence-electron chi connectivity index (χ4n) is 2.21. The van der Waals surface area contributed by atoms with E-state index in [0.717, 1.165) is 24.5 Å². The molecule has 20 heavy (non-hydrogen) atoms. The number of nitrogens with one attached hydrogen (secondary N) is 2. The number of nitrogens with zero attached hydrogens (tertiary/aromatic N) is 1. The van der Waals surface area contributed by atoms with Gasteiger partial charge in [0.05, 0.1) is 12.1 Å². The maximum Gasteiger partial charge on any atom is 0.127 e. The van der Waals surface area contributed by atoms with Gasteiger partial charge in [-0.25, -0.2) is 4.98 Å². The fourth-order valence-corrected chi connectivity index (χ4v) is 2.21. The van der Waals surface area contributed by atoms with Gasteiger partial charge in [0, 0.05) is 12.4 Å². The van der Waals surface area contributed by atoms with Gasteiger partial charge in [-0.15, -0.1) is 0 Å². The van der Waals surface area contributed by atoms with E-state index in [2.05, 4.69) is 46.5 Å². The van der Waals surface area contributed by atoms with Gasteiger partial charge in [0.1, 0.15) is 11.6 Å². The molecular weight excluding hydrogens is 250 g/mol. The average Bonchev–Trinajstić information content (AvgIpc) is 3.12. The highest BCUT2D eigenvalue weighted by atomic mass is 16.5. The van der Waals surface area contributed by atoms with Gasteiger partial charge in [-0.1, -0.05) is 19.1 Å². The molecule has 1 fully saturated rings. The van der Waals surface area contributed by atoms with Gasteiger partial charge in [-0.05, 0) is 43.5 Å². The van der Waals surface area contributed by atoms with E-state index in [-0.39, 0.29) is 6.04 Å². The molecular formula is C16H21N3O. The van der Waals surface area contributed by atoms with Crippen molar-refractivity contribution in [3.8, 4) is 5.75 Å². The molecule has 1 aromatic carbocycles. The third-order valence-electron chi connectivity index (χ3n) is 3.43. The summed E-state index contributed by atoms with van der Waals surface area (Å²) in [7, 11) is 0. The van der Waals surface area contributed by atoms with E-state index < -0.39 is 0 Å². The van der Waals surface area contributed by atoms with Crippen LogP contribution in [0, 0.1) is 0 Å². The first-order valence-electron chi connectivity index (χ1n) is 7.36. The van der Waals surface area contributed by atoms with Crippen LogP contribution in [0.15, 0.2) is 36.7 Å². The quantitative estimate of drug-likeness (QED) is 0.813. The van der Waals surface area contributed by atoms with Crippen molar-refractivity contribution in [1.82, 2.24) is 15.3 Å². The topological polar surface area (TPSA) is 49.9 Å². The Morgan fingerprint density at radius 1 is 1.35 bits per heavy atom. The van der Waals surface area contributed by atoms with E-state index in [1.54, 1.807) is 6.20 Å². The standard InChI is InChI=1S/C16H21N3O/c1-2-9-17-15(16-18-10-11-19-16)12-3-5-13(6-4-12)20-14-7-8-14/h3-6,10-11,14-15,17H,2,7-9H2,1H3,(H,18,19). The van der Waals surface area contributed by atoms with Crippen molar-refractivity contribution in [3.05, 3.63) is 48.0 Å². The molecule has 0 bridgehead atoms. The molecule has 0 aliphatic heterocycles. The number of hydrogen-bond donors (Lipinski definition) is 2. The molecule has 4 nitrogen and oxygen atoms in total. The lowest BCUT2D eigenvalue weighted by Crippen LogP contribution is -2.24. The fraction of sp³-hybridized carbons (Fsp3) is 0.438. The molecule has 1 heterocycles. The Morgan fingerprint density at radius 3 is 2.75 bits per heavy atom. The van der Waals surface area contributed by atoms with E-state index in [9.17, 15) is 0 Å². The van der Waals surface area contributed by atoms with E-state index >= 15 is 0 Å². The number of imidazole rings is 1. The van der Waals surface area contributed by atoms with Crippen molar-refractivity contribution in [2.24, 2.45) is 0 Å². The summed E-state index contributed by atoms with van der Waals surface area (Å²) in [6, 6.07) is 8.45. The van der Waals surface area contributed by atoms with E-state index in [1.807, 2.05) is 6.20 Å². The number of aromatic amines is 1. The first kappa shape index (κ1) is 13.2. The molecule has 1 unspecified atom stereocenters. The van der Waals surface area contributed by atoms with Crippen molar-refractivity contribution in [2.75, 3.05) is 6.54 Å². The van der Waals surface area contributed by atoms with Gasteiger partial charge < -0.3 is 15.0 Å². The zero-order chi connectivity index (χ0) is 13.8. The second-order valence-corrected chi connectivity index (χ2v) is 5.25. The number of H-pyrrole nitrogens is 1. The van der Waals surface area contributed by atoms with Crippen molar-refractivity contribution >= 4 is 0 Å². The Balaban J connectivity index is 1.75. The van der Waals surface area contributed by atoms with Gasteiger partial charge in [-0.3, -0.25) is 0 Å². The maximum absolute atomic E-state index is 5.79. The number of ether oxygens (including phenoxy) is 1. The first-order chi connectivity index (χ1) is 9.86. The summed E-state index contributed by atoms with van der Waals surface area (Å²) in [6.45, 7) is 3.13. The smallest absolute Gasteiger partial charge is 0.127 e. The summed E-state index contributed by atoms with van der Waals surface area (Å²) in [5.41, 5.74) is 1.21. The van der Waals surface area contributed by atoms with Crippen LogP contribution in [-0.2, 0) is 0 Å². The number of aromatic nitrogens is 2. The lowest BCUT2D eigenvalue weighted by Gasteiger charge is -2.17. The molecule has 1 aliphatic carbocycles. The molecule has 1 aliphatic rings. The van der Waals surface area contributed by atoms with Gasteiger partial charge in [0.25, 0.3) is 0 Å². The molecule has 2 N–H and O–H groups in total. The van der Waals surface area contributed by atoms with Gasteiger partial charge in [-0.2, -0.15) is 0 Å². The minimum atomic E-state index is 0.111. The normalized spacial score (nSPS) is 16.1. The number of benzene rings is 1. The third-order valence-corrected chi connectivity index (χ3v) is 3.43. The molecule has 0 saturated heterocycles. The van der Waals surface area contributed by atoms with Gasteiger partial charge >= 0.3 is 0 Å². The van der Waals surface area contributed by atoms with Crippen LogP contribution in [0.3, 0.4) is 0 Å². The third kappa shape index (κ3) is 3.20. The Hall–Kier alpha value is -1.81. The Labute approximate surface area is 119 Å². The van der Waals surface area contributed by atoms with Crippen LogP contribution in [-0.4, -0.2) is 22.6 Å². The zero-order valence-corrected chi connectivity index (χ0v) is 11.8. The van der Waals surface area contributed by atoms with Crippen molar-refractivity contribution in [1.29, 1.82) is 0 Å². The van der Waals surface area contributed by atoms with Crippen LogP contribution in [0.2, 0.25) is 0 Å². The molecule has 3 rings (SSSR count). The molecule has 1 aromatic heterocycles. The second-order valence-electron chi connectivity index (χ2n) is 5.25. The Morgan fingerprint density at radius 2 is 2.15 bits per heavy atom. The summed E-state index contributed by atoms with van der Waals surface area (Å²) in [6.07, 6.45) is 7.57. The van der Waals surface area contributed by atoms with Crippen LogP contribution in [0.1, 0.15) is 43.6 Å². The molecule has 0 radical (unpaired) electrons. The van der Waals surface area contributed by atoms with Crippen molar-refractivity contribution in [2.45, 2.75) is 38.3 Å². The lowest BCUT2D eigenvalue weighted by molar-refractivity contribution is 0.303. The summed E-state index contributed by atoms with van der Waals surface area (Å²) < 4.78 is 5.79. The molecule has 1 atom stereocenters. The summed E-state index contributed by atoms with van der Waals surface area (Å²) in [4.78, 5) is 7.57. The molecule has 106 valence electrons. The highest BCUT2D eigenvalue weighted by molar-refractivity contribution is 5.32. The molecule has 0 amide bonds. The molecule has 1 saturated carbocycles. The zero-order valence-electron chi connectivity index (χ0n) is 11.8. The minimum absolute atomic E-state index is 0.111. The number of hydrogen-bond acceptors (Lipinski definition) is 3. The van der Waals surface area contributed by atoms with Crippen LogP contribution in [0.25, 0.3) is 0 Å². The van der Waals surface area contributed by atoms with E-state index in [4.69, 9.17) is 4.74 Å². The molecule has 4 heteroatoms. The Bertz CT molecular complexity index is 517. The van der Waals surface area contributed by atoms with E-state index in [0.29, 0.717) is 6.10 Å². The van der Waals surface area contributed by atoms with Crippen LogP contribution in [0.4, 0.5) is 0 Å². The monoisotopic (exact) mass is 271 g/mol. The number of rotatable bonds is 7. The summed E-state index contributed by atoms with van der Waals surface area (Å²) in [5, 5.41) is 3.53. The predicted molar refractivity (Wildman–Crippen MR) is 78.8 cm³/mol. The second kappa shape index (κ2) is 6.09. The SMILES string of the molecule is CCCNC(c1ccc(OC2CC2)cc1)c1ncc[nH]1. The average molecular weight is 271 g/mol. The van der Waals surface area contributed by atoms with Crippen molar-refractivity contribution < 1.29 is 4.74 Å². The summed E-state index contributed by atoms with van der Waals surface area (Å²) >= 11 is 0. The van der Waals surface area contributed by atoms with Crippen molar-refractivity contribution in [3.63, 3.8) is 0 Å². The largest absolute Gasteiger partial charge is 0.490 e. The molecule has 2 aromatic rings. The minimum Gasteiger partial charge on any atom is -0.490 e. The van der Waals surface area contributed by atoms with Gasteiger partial charge in [0.2, 0.25) is 0 Å². The summed E-state index contributed by atoms with van der Waals surface area (Å²) in [5.74, 6) is 1.92. The maximum atomic E-state index is 5.79. The first-order valence-corrected chi connectivity index (χ1v) is 7.36. The van der Waals surface area contributed by atoms with E-state index in [1.165, 1.54) is 18.4 Å². The highest BCUT2D eigenvalue weighted by Gasteiger charge is 2.23. The lowest BCUT2D eigenvalue weighted by atomic mass is 10.1.